The number of benzene rings is 1. The van der Waals surface area contributed by atoms with E-state index < -0.39 is 16.8 Å². The zero-order chi connectivity index (χ0) is 14.6. The van der Waals surface area contributed by atoms with E-state index in [0.29, 0.717) is 0 Å². The molecule has 0 bridgehead atoms. The van der Waals surface area contributed by atoms with E-state index in [0.717, 1.165) is 17.9 Å². The Labute approximate surface area is 123 Å². The van der Waals surface area contributed by atoms with Gasteiger partial charge in [0.2, 0.25) is 0 Å². The first kappa shape index (κ1) is 15.1. The molecule has 1 aliphatic rings. The highest BCUT2D eigenvalue weighted by Crippen LogP contribution is 2.42. The minimum atomic E-state index is -0.869. The van der Waals surface area contributed by atoms with Gasteiger partial charge in [0.05, 0.1) is 0 Å². The third-order valence-electron chi connectivity index (χ3n) is 3.48. The van der Waals surface area contributed by atoms with Gasteiger partial charge in [-0.15, -0.1) is 0 Å². The van der Waals surface area contributed by atoms with Gasteiger partial charge in [-0.25, -0.2) is 4.79 Å². The van der Waals surface area contributed by atoms with Crippen LogP contribution >= 0.6 is 11.8 Å². The highest BCUT2D eigenvalue weighted by molar-refractivity contribution is 8.01. The van der Waals surface area contributed by atoms with E-state index in [-0.39, 0.29) is 12.3 Å². The second-order valence-corrected chi connectivity index (χ2v) is 6.20. The summed E-state index contributed by atoms with van der Waals surface area (Å²) in [6.45, 7) is 4.43. The van der Waals surface area contributed by atoms with Crippen molar-refractivity contribution in [2.24, 2.45) is 5.92 Å². The molecule has 1 aliphatic heterocycles. The van der Waals surface area contributed by atoms with Crippen LogP contribution in [0, 0.1) is 5.92 Å². The smallest absolute Gasteiger partial charge is 0.345 e. The van der Waals surface area contributed by atoms with Crippen molar-refractivity contribution in [1.29, 1.82) is 0 Å². The van der Waals surface area contributed by atoms with Gasteiger partial charge in [-0.3, -0.25) is 10.1 Å². The lowest BCUT2D eigenvalue weighted by Gasteiger charge is -2.30. The van der Waals surface area contributed by atoms with Crippen LogP contribution in [0.5, 0.6) is 0 Å². The zero-order valence-corrected chi connectivity index (χ0v) is 12.5. The molecule has 1 aromatic rings. The molecule has 0 spiro atoms. The number of thioether (sulfide) groups is 1. The Morgan fingerprint density at radius 3 is 2.65 bits per heavy atom. The van der Waals surface area contributed by atoms with Crippen molar-refractivity contribution in [1.82, 2.24) is 5.32 Å². The Hall–Kier alpha value is -1.33. The van der Waals surface area contributed by atoms with E-state index in [2.05, 4.69) is 5.32 Å². The van der Waals surface area contributed by atoms with Crippen LogP contribution < -0.4 is 5.32 Å². The summed E-state index contributed by atoms with van der Waals surface area (Å²) < 4.78 is 4.97. The predicted molar refractivity (Wildman–Crippen MR) is 78.2 cm³/mol. The summed E-state index contributed by atoms with van der Waals surface area (Å²) >= 11 is 1.43. The minimum Gasteiger partial charge on any atom is -0.391 e. The Bertz CT molecular complexity index is 491. The van der Waals surface area contributed by atoms with Gasteiger partial charge in [-0.1, -0.05) is 43.8 Å². The summed E-state index contributed by atoms with van der Waals surface area (Å²) in [5, 5.41) is 3.23. The number of ether oxygens (including phenoxy) is 1. The second kappa shape index (κ2) is 6.41. The van der Waals surface area contributed by atoms with E-state index in [9.17, 15) is 9.59 Å². The lowest BCUT2D eigenvalue weighted by Crippen LogP contribution is -2.50. The number of hydrogen-bond donors (Lipinski definition) is 1. The number of hydrogen-bond acceptors (Lipinski definition) is 5. The fraction of sp³-hybridized carbons (Fsp3) is 0.467. The van der Waals surface area contributed by atoms with Crippen LogP contribution in [0.25, 0.3) is 0 Å². The molecule has 1 saturated heterocycles. The van der Waals surface area contributed by atoms with Gasteiger partial charge in [0.1, 0.15) is 0 Å². The number of carbonyl (C=O) groups excluding carboxylic acids is 2. The average Bonchev–Trinajstić information content (AvgIpc) is 2.82. The van der Waals surface area contributed by atoms with Crippen molar-refractivity contribution in [3.05, 3.63) is 30.3 Å². The van der Waals surface area contributed by atoms with Crippen LogP contribution in [0.1, 0.15) is 26.7 Å². The van der Waals surface area contributed by atoms with Crippen molar-refractivity contribution in [2.75, 3.05) is 6.54 Å². The minimum absolute atomic E-state index is 0.102. The lowest BCUT2D eigenvalue weighted by atomic mass is 10.0. The van der Waals surface area contributed by atoms with Gasteiger partial charge in [0, 0.05) is 11.3 Å². The SMILES string of the molecule is CCC(=O)OC(=O)[C@@]1(Sc2ccccc2)NCCC1C. The van der Waals surface area contributed by atoms with E-state index in [4.69, 9.17) is 4.74 Å². The van der Waals surface area contributed by atoms with Crippen LogP contribution in [0.4, 0.5) is 0 Å². The summed E-state index contributed by atoms with van der Waals surface area (Å²) in [7, 11) is 0. The highest BCUT2D eigenvalue weighted by atomic mass is 32.2. The van der Waals surface area contributed by atoms with Crippen molar-refractivity contribution in [3.63, 3.8) is 0 Å². The molecule has 5 heteroatoms. The molecule has 0 radical (unpaired) electrons. The lowest BCUT2D eigenvalue weighted by molar-refractivity contribution is -0.162. The molecular formula is C15H19NO3S. The molecule has 0 amide bonds. The van der Waals surface area contributed by atoms with Gasteiger partial charge in [-0.2, -0.15) is 0 Å². The number of rotatable bonds is 4. The van der Waals surface area contributed by atoms with Crippen LogP contribution in [0.2, 0.25) is 0 Å². The summed E-state index contributed by atoms with van der Waals surface area (Å²) in [5.41, 5.74) is 0. The van der Waals surface area contributed by atoms with E-state index in [1.165, 1.54) is 11.8 Å². The zero-order valence-electron chi connectivity index (χ0n) is 11.7. The second-order valence-electron chi connectivity index (χ2n) is 4.88. The molecule has 0 aliphatic carbocycles. The molecule has 4 nitrogen and oxygen atoms in total. The van der Waals surface area contributed by atoms with Crippen LogP contribution in [0.3, 0.4) is 0 Å². The number of esters is 2. The standard InChI is InChI=1S/C15H19NO3S/c1-3-13(17)19-14(18)15(11(2)9-10-16-15)20-12-7-5-4-6-8-12/h4-8,11,16H,3,9-10H2,1-2H3/t11?,15-/m1/s1. The van der Waals surface area contributed by atoms with Crippen molar-refractivity contribution in [3.8, 4) is 0 Å². The first-order valence-electron chi connectivity index (χ1n) is 6.82. The summed E-state index contributed by atoms with van der Waals surface area (Å²) in [5.74, 6) is -0.864. The number of nitrogens with one attached hydrogen (secondary N) is 1. The fourth-order valence-electron chi connectivity index (χ4n) is 2.23. The maximum atomic E-state index is 12.4. The maximum absolute atomic E-state index is 12.4. The quantitative estimate of drug-likeness (QED) is 0.683. The van der Waals surface area contributed by atoms with Crippen molar-refractivity contribution in [2.45, 2.75) is 36.5 Å². The van der Waals surface area contributed by atoms with E-state index >= 15 is 0 Å². The predicted octanol–water partition coefficient (Wildman–Crippen LogP) is 2.58. The molecule has 1 unspecified atom stereocenters. The molecule has 1 heterocycles. The summed E-state index contributed by atoms with van der Waals surface area (Å²) in [4.78, 5) is 23.9. The molecular weight excluding hydrogens is 274 g/mol. The van der Waals surface area contributed by atoms with Crippen molar-refractivity contribution < 1.29 is 14.3 Å². The first-order valence-corrected chi connectivity index (χ1v) is 7.64. The number of carbonyl (C=O) groups is 2. The topological polar surface area (TPSA) is 55.4 Å². The summed E-state index contributed by atoms with van der Waals surface area (Å²) in [6, 6.07) is 9.69. The third kappa shape index (κ3) is 3.04. The molecule has 0 saturated carbocycles. The molecule has 1 fully saturated rings. The van der Waals surface area contributed by atoms with Crippen LogP contribution in [-0.2, 0) is 14.3 Å². The molecule has 2 atom stereocenters. The normalized spacial score (nSPS) is 25.4. The van der Waals surface area contributed by atoms with Gasteiger partial charge in [-0.05, 0) is 31.0 Å². The average molecular weight is 293 g/mol. The summed E-state index contributed by atoms with van der Waals surface area (Å²) in [6.07, 6.45) is 1.08. The Morgan fingerprint density at radius 2 is 2.10 bits per heavy atom. The van der Waals surface area contributed by atoms with Crippen LogP contribution in [0.15, 0.2) is 35.2 Å². The third-order valence-corrected chi connectivity index (χ3v) is 5.02. The molecule has 108 valence electrons. The Morgan fingerprint density at radius 1 is 1.40 bits per heavy atom. The molecule has 20 heavy (non-hydrogen) atoms. The molecule has 1 N–H and O–H groups in total. The fourth-order valence-corrected chi connectivity index (χ4v) is 3.51. The van der Waals surface area contributed by atoms with Crippen molar-refractivity contribution >= 4 is 23.7 Å². The van der Waals surface area contributed by atoms with Gasteiger partial charge in [0.25, 0.3) is 0 Å². The first-order chi connectivity index (χ1) is 9.58. The Balaban J connectivity index is 2.22. The van der Waals surface area contributed by atoms with Gasteiger partial charge < -0.3 is 4.74 Å². The molecule has 2 rings (SSSR count). The molecule has 0 aromatic heterocycles. The van der Waals surface area contributed by atoms with Gasteiger partial charge >= 0.3 is 11.9 Å². The largest absolute Gasteiger partial charge is 0.391 e. The Kier molecular flexibility index (Phi) is 4.83. The highest BCUT2D eigenvalue weighted by Gasteiger charge is 2.49. The van der Waals surface area contributed by atoms with Crippen LogP contribution in [-0.4, -0.2) is 23.4 Å². The monoisotopic (exact) mass is 293 g/mol. The van der Waals surface area contributed by atoms with E-state index in [1.54, 1.807) is 6.92 Å². The molecule has 1 aromatic carbocycles. The van der Waals surface area contributed by atoms with E-state index in [1.807, 2.05) is 37.3 Å². The van der Waals surface area contributed by atoms with Gasteiger partial charge in [0.15, 0.2) is 4.87 Å². The maximum Gasteiger partial charge on any atom is 0.345 e.